The number of rotatable bonds is 7. The van der Waals surface area contributed by atoms with Gasteiger partial charge in [-0.2, -0.15) is 0 Å². The van der Waals surface area contributed by atoms with Crippen molar-refractivity contribution in [3.05, 3.63) is 35.4 Å². The highest BCUT2D eigenvalue weighted by molar-refractivity contribution is 5.22. The predicted molar refractivity (Wildman–Crippen MR) is 59.6 cm³/mol. The van der Waals surface area contributed by atoms with Gasteiger partial charge in [0, 0.05) is 24.3 Å². The van der Waals surface area contributed by atoms with Crippen LogP contribution >= 0.6 is 0 Å². The monoisotopic (exact) mass is 265 g/mol. The molecule has 1 unspecified atom stereocenters. The van der Waals surface area contributed by atoms with Crippen LogP contribution in [0, 0.1) is 11.6 Å². The Hall–Kier alpha value is -1.14. The smallest absolute Gasteiger partial charge is 0.261 e. The normalized spacial score (nSPS) is 13.0. The molecular formula is C12H15F4NO. The van der Waals surface area contributed by atoms with Crippen molar-refractivity contribution < 1.29 is 22.3 Å². The molecule has 0 saturated heterocycles. The highest BCUT2D eigenvalue weighted by atomic mass is 19.3. The summed E-state index contributed by atoms with van der Waals surface area (Å²) >= 11 is 0. The number of alkyl halides is 2. The molecule has 0 radical (unpaired) electrons. The maximum Gasteiger partial charge on any atom is 0.261 e. The molecule has 1 atom stereocenters. The Bertz CT molecular complexity index is 373. The van der Waals surface area contributed by atoms with Crippen molar-refractivity contribution in [2.75, 3.05) is 20.3 Å². The van der Waals surface area contributed by atoms with Gasteiger partial charge in [0.05, 0.1) is 0 Å². The van der Waals surface area contributed by atoms with Crippen molar-refractivity contribution in [1.82, 2.24) is 5.32 Å². The second-order valence-electron chi connectivity index (χ2n) is 3.76. The van der Waals surface area contributed by atoms with E-state index in [4.69, 9.17) is 4.74 Å². The number of halogens is 4. The molecule has 0 aliphatic carbocycles. The number of hydrogen-bond donors (Lipinski definition) is 1. The molecule has 0 fully saturated rings. The number of ether oxygens (including phenoxy) is 1. The third-order valence-corrected chi connectivity index (χ3v) is 2.48. The van der Waals surface area contributed by atoms with Crippen LogP contribution in [0.4, 0.5) is 17.6 Å². The van der Waals surface area contributed by atoms with Crippen LogP contribution in [-0.4, -0.2) is 26.7 Å². The zero-order valence-electron chi connectivity index (χ0n) is 9.93. The first-order valence-corrected chi connectivity index (χ1v) is 5.52. The van der Waals surface area contributed by atoms with Gasteiger partial charge in [0.1, 0.15) is 18.2 Å². The summed E-state index contributed by atoms with van der Waals surface area (Å²) in [7, 11) is 1.61. The van der Waals surface area contributed by atoms with Crippen LogP contribution in [0.3, 0.4) is 0 Å². The standard InChI is InChI=1S/C12H15F4NO/c1-17-11(4-5-18-7-12(15)16)9-3-2-8(13)6-10(9)14/h2-3,6,11-12,17H,4-5,7H2,1H3. The highest BCUT2D eigenvalue weighted by Gasteiger charge is 2.14. The van der Waals surface area contributed by atoms with Gasteiger partial charge in [-0.1, -0.05) is 6.07 Å². The quantitative estimate of drug-likeness (QED) is 0.604. The Kier molecular flexibility index (Phi) is 6.07. The SMILES string of the molecule is CNC(CCOCC(F)F)c1ccc(F)cc1F. The molecule has 0 heterocycles. The summed E-state index contributed by atoms with van der Waals surface area (Å²) in [5, 5.41) is 2.84. The summed E-state index contributed by atoms with van der Waals surface area (Å²) in [6, 6.07) is 2.88. The van der Waals surface area contributed by atoms with E-state index in [9.17, 15) is 17.6 Å². The second-order valence-corrected chi connectivity index (χ2v) is 3.76. The van der Waals surface area contributed by atoms with E-state index in [0.717, 1.165) is 12.1 Å². The fraction of sp³-hybridized carbons (Fsp3) is 0.500. The van der Waals surface area contributed by atoms with Crippen LogP contribution in [0.25, 0.3) is 0 Å². The molecule has 2 nitrogen and oxygen atoms in total. The number of hydrogen-bond acceptors (Lipinski definition) is 2. The first kappa shape index (κ1) is 14.9. The topological polar surface area (TPSA) is 21.3 Å². The summed E-state index contributed by atoms with van der Waals surface area (Å²) < 4.78 is 54.6. The van der Waals surface area contributed by atoms with Gasteiger partial charge in [-0.05, 0) is 19.5 Å². The summed E-state index contributed by atoms with van der Waals surface area (Å²) in [6.45, 7) is -0.561. The van der Waals surface area contributed by atoms with E-state index >= 15 is 0 Å². The first-order chi connectivity index (χ1) is 8.54. The Labute approximate surface area is 103 Å². The summed E-state index contributed by atoms with van der Waals surface area (Å²) in [5.74, 6) is -1.32. The van der Waals surface area contributed by atoms with Crippen LogP contribution in [0.2, 0.25) is 0 Å². The Morgan fingerprint density at radius 3 is 2.56 bits per heavy atom. The molecule has 1 aromatic rings. The number of benzene rings is 1. The summed E-state index contributed by atoms with van der Waals surface area (Å²) in [5.41, 5.74) is 0.291. The summed E-state index contributed by atoms with van der Waals surface area (Å²) in [4.78, 5) is 0. The lowest BCUT2D eigenvalue weighted by atomic mass is 10.0. The van der Waals surface area contributed by atoms with Crippen molar-refractivity contribution >= 4 is 0 Å². The Morgan fingerprint density at radius 1 is 1.28 bits per heavy atom. The van der Waals surface area contributed by atoms with Crippen LogP contribution in [0.15, 0.2) is 18.2 Å². The van der Waals surface area contributed by atoms with Gasteiger partial charge in [0.15, 0.2) is 0 Å². The van der Waals surface area contributed by atoms with Crippen molar-refractivity contribution in [3.8, 4) is 0 Å². The largest absolute Gasteiger partial charge is 0.375 e. The van der Waals surface area contributed by atoms with Crippen LogP contribution < -0.4 is 5.32 Å². The molecule has 1 rings (SSSR count). The van der Waals surface area contributed by atoms with Gasteiger partial charge in [-0.3, -0.25) is 0 Å². The minimum atomic E-state index is -2.51. The minimum Gasteiger partial charge on any atom is -0.375 e. The molecule has 0 bridgehead atoms. The zero-order valence-corrected chi connectivity index (χ0v) is 9.93. The van der Waals surface area contributed by atoms with E-state index in [1.54, 1.807) is 7.05 Å². The third kappa shape index (κ3) is 4.62. The van der Waals surface area contributed by atoms with Crippen molar-refractivity contribution in [3.63, 3.8) is 0 Å². The average molecular weight is 265 g/mol. The minimum absolute atomic E-state index is 0.0761. The molecule has 0 aliphatic rings. The molecule has 18 heavy (non-hydrogen) atoms. The van der Waals surface area contributed by atoms with E-state index in [0.29, 0.717) is 12.0 Å². The Morgan fingerprint density at radius 2 is 2.00 bits per heavy atom. The molecule has 6 heteroatoms. The van der Waals surface area contributed by atoms with E-state index in [-0.39, 0.29) is 6.61 Å². The first-order valence-electron chi connectivity index (χ1n) is 5.52. The lowest BCUT2D eigenvalue weighted by Crippen LogP contribution is -2.20. The average Bonchev–Trinajstić information content (AvgIpc) is 2.30. The summed E-state index contributed by atoms with van der Waals surface area (Å²) in [6.07, 6.45) is -2.19. The maximum absolute atomic E-state index is 13.5. The van der Waals surface area contributed by atoms with Gasteiger partial charge in [-0.25, -0.2) is 17.6 Å². The van der Waals surface area contributed by atoms with E-state index < -0.39 is 30.7 Å². The van der Waals surface area contributed by atoms with Gasteiger partial charge >= 0.3 is 0 Å². The molecule has 1 N–H and O–H groups in total. The van der Waals surface area contributed by atoms with Gasteiger partial charge in [-0.15, -0.1) is 0 Å². The fourth-order valence-corrected chi connectivity index (χ4v) is 1.61. The molecule has 0 saturated carbocycles. The number of nitrogens with one attached hydrogen (secondary N) is 1. The van der Waals surface area contributed by atoms with Crippen LogP contribution in [-0.2, 0) is 4.74 Å². The van der Waals surface area contributed by atoms with Crippen molar-refractivity contribution in [2.45, 2.75) is 18.9 Å². The van der Waals surface area contributed by atoms with Gasteiger partial charge in [0.25, 0.3) is 6.43 Å². The lowest BCUT2D eigenvalue weighted by molar-refractivity contribution is 0.0144. The van der Waals surface area contributed by atoms with E-state index in [1.807, 2.05) is 0 Å². The molecule has 102 valence electrons. The Balaban J connectivity index is 2.54. The van der Waals surface area contributed by atoms with Gasteiger partial charge < -0.3 is 10.1 Å². The van der Waals surface area contributed by atoms with Crippen molar-refractivity contribution in [2.24, 2.45) is 0 Å². The van der Waals surface area contributed by atoms with Crippen LogP contribution in [0.5, 0.6) is 0 Å². The zero-order chi connectivity index (χ0) is 13.5. The van der Waals surface area contributed by atoms with Crippen LogP contribution in [0.1, 0.15) is 18.0 Å². The molecule has 0 spiro atoms. The third-order valence-electron chi connectivity index (χ3n) is 2.48. The predicted octanol–water partition coefficient (Wildman–Crippen LogP) is 2.90. The maximum atomic E-state index is 13.5. The molecule has 0 amide bonds. The second kappa shape index (κ2) is 7.33. The lowest BCUT2D eigenvalue weighted by Gasteiger charge is -2.17. The van der Waals surface area contributed by atoms with E-state index in [1.165, 1.54) is 6.07 Å². The molecule has 0 aromatic heterocycles. The molecular weight excluding hydrogens is 250 g/mol. The molecule has 1 aromatic carbocycles. The van der Waals surface area contributed by atoms with Crippen molar-refractivity contribution in [1.29, 1.82) is 0 Å². The highest BCUT2D eigenvalue weighted by Crippen LogP contribution is 2.20. The van der Waals surface area contributed by atoms with Gasteiger partial charge in [0.2, 0.25) is 0 Å². The fourth-order valence-electron chi connectivity index (χ4n) is 1.61. The molecule has 0 aliphatic heterocycles. The van der Waals surface area contributed by atoms with E-state index in [2.05, 4.69) is 5.32 Å².